The summed E-state index contributed by atoms with van der Waals surface area (Å²) in [7, 11) is 1.60. The Bertz CT molecular complexity index is 453. The van der Waals surface area contributed by atoms with E-state index in [9.17, 15) is 0 Å². The molecule has 0 aliphatic carbocycles. The summed E-state index contributed by atoms with van der Waals surface area (Å²) in [5, 5.41) is 0. The summed E-state index contributed by atoms with van der Waals surface area (Å²) in [6, 6.07) is 7.60. The molecule has 2 rings (SSSR count). The molecule has 0 saturated carbocycles. The average Bonchev–Trinajstić information content (AvgIpc) is 2.64. The third kappa shape index (κ3) is 2.19. The van der Waals surface area contributed by atoms with Gasteiger partial charge in [0.1, 0.15) is 17.3 Å². The summed E-state index contributed by atoms with van der Waals surface area (Å²) in [6.45, 7) is 0. The molecule has 0 aliphatic rings. The topological polar surface area (TPSA) is 73.2 Å². The Morgan fingerprint density at radius 2 is 2.13 bits per heavy atom. The third-order valence-electron chi connectivity index (χ3n) is 1.83. The molecule has 1 heterocycles. The van der Waals surface area contributed by atoms with Crippen LogP contribution in [0.1, 0.15) is 0 Å². The van der Waals surface area contributed by atoms with Gasteiger partial charge in [-0.3, -0.25) is 4.98 Å². The van der Waals surface area contributed by atoms with E-state index >= 15 is 0 Å². The zero-order chi connectivity index (χ0) is 10.7. The number of nitrogens with one attached hydrogen (secondary N) is 1. The summed E-state index contributed by atoms with van der Waals surface area (Å²) < 4.78 is 10.5. The van der Waals surface area contributed by atoms with E-state index < -0.39 is 0 Å². The van der Waals surface area contributed by atoms with Gasteiger partial charge in [0, 0.05) is 6.07 Å². The smallest absolute Gasteiger partial charge is 0.300 e. The van der Waals surface area contributed by atoms with E-state index in [1.54, 1.807) is 19.2 Å². The number of nitrogen functional groups attached to an aromatic ring is 1. The number of ether oxygens (including phenoxy) is 2. The van der Waals surface area contributed by atoms with E-state index in [2.05, 4.69) is 9.97 Å². The van der Waals surface area contributed by atoms with Crippen LogP contribution >= 0.6 is 0 Å². The van der Waals surface area contributed by atoms with Gasteiger partial charge in [-0.25, -0.2) is 4.98 Å². The average molecular weight is 205 g/mol. The van der Waals surface area contributed by atoms with E-state index in [0.29, 0.717) is 17.6 Å². The Labute approximate surface area is 86.8 Å². The number of hydrogen-bond donors (Lipinski definition) is 2. The van der Waals surface area contributed by atoms with Crippen LogP contribution in [-0.4, -0.2) is 17.1 Å². The van der Waals surface area contributed by atoms with E-state index in [-0.39, 0.29) is 0 Å². The molecule has 1 aromatic carbocycles. The normalized spacial score (nSPS) is 9.93. The van der Waals surface area contributed by atoms with Crippen molar-refractivity contribution in [3.8, 4) is 17.5 Å². The number of aromatic amines is 1. The molecule has 5 heteroatoms. The second kappa shape index (κ2) is 3.91. The van der Waals surface area contributed by atoms with Crippen molar-refractivity contribution in [3.05, 3.63) is 30.5 Å². The van der Waals surface area contributed by atoms with E-state index in [4.69, 9.17) is 15.2 Å². The lowest BCUT2D eigenvalue weighted by Gasteiger charge is -2.03. The van der Waals surface area contributed by atoms with Crippen LogP contribution in [0, 0.1) is 0 Å². The number of hydrogen-bond acceptors (Lipinski definition) is 4. The van der Waals surface area contributed by atoms with Crippen molar-refractivity contribution in [1.82, 2.24) is 9.97 Å². The molecule has 0 bridgehead atoms. The Kier molecular flexibility index (Phi) is 2.45. The maximum atomic E-state index is 5.47. The Morgan fingerprint density at radius 3 is 2.80 bits per heavy atom. The van der Waals surface area contributed by atoms with Crippen molar-refractivity contribution in [2.24, 2.45) is 0 Å². The highest BCUT2D eigenvalue weighted by atomic mass is 16.5. The SMILES string of the molecule is COc1cccc(Oc2ncc(N)[nH]2)c1. The maximum absolute atomic E-state index is 5.47. The predicted octanol–water partition coefficient (Wildman–Crippen LogP) is 1.79. The molecule has 3 N–H and O–H groups in total. The molecule has 2 aromatic rings. The number of anilines is 1. The van der Waals surface area contributed by atoms with Gasteiger partial charge in [0.25, 0.3) is 0 Å². The number of nitrogens with zero attached hydrogens (tertiary/aromatic N) is 1. The van der Waals surface area contributed by atoms with Crippen LogP contribution in [0.5, 0.6) is 17.5 Å². The molecule has 0 aliphatic heterocycles. The minimum Gasteiger partial charge on any atom is -0.497 e. The van der Waals surface area contributed by atoms with Gasteiger partial charge in [-0.1, -0.05) is 6.07 Å². The second-order valence-electron chi connectivity index (χ2n) is 2.92. The Hall–Kier alpha value is -2.17. The van der Waals surface area contributed by atoms with Crippen molar-refractivity contribution >= 4 is 5.82 Å². The summed E-state index contributed by atoms with van der Waals surface area (Å²) >= 11 is 0. The lowest BCUT2D eigenvalue weighted by Crippen LogP contribution is -1.88. The quantitative estimate of drug-likeness (QED) is 0.801. The first-order chi connectivity index (χ1) is 7.28. The molecule has 15 heavy (non-hydrogen) atoms. The molecule has 0 unspecified atom stereocenters. The maximum Gasteiger partial charge on any atom is 0.300 e. The number of nitrogens with two attached hydrogens (primary N) is 1. The first-order valence-electron chi connectivity index (χ1n) is 4.40. The van der Waals surface area contributed by atoms with Gasteiger partial charge in [0.05, 0.1) is 13.3 Å². The lowest BCUT2D eigenvalue weighted by atomic mass is 10.3. The monoisotopic (exact) mass is 205 g/mol. The van der Waals surface area contributed by atoms with E-state index in [1.807, 2.05) is 12.1 Å². The van der Waals surface area contributed by atoms with Crippen molar-refractivity contribution in [3.63, 3.8) is 0 Å². The first-order valence-corrected chi connectivity index (χ1v) is 4.40. The predicted molar refractivity (Wildman–Crippen MR) is 56.1 cm³/mol. The van der Waals surface area contributed by atoms with Gasteiger partial charge in [-0.15, -0.1) is 0 Å². The van der Waals surface area contributed by atoms with Crippen LogP contribution in [0.15, 0.2) is 30.5 Å². The largest absolute Gasteiger partial charge is 0.497 e. The molecule has 0 amide bonds. The highest BCUT2D eigenvalue weighted by molar-refractivity contribution is 5.35. The molecule has 0 radical (unpaired) electrons. The molecule has 1 aromatic heterocycles. The molecular formula is C10H11N3O2. The van der Waals surface area contributed by atoms with Crippen molar-refractivity contribution in [2.75, 3.05) is 12.8 Å². The van der Waals surface area contributed by atoms with Gasteiger partial charge in [-0.2, -0.15) is 0 Å². The standard InChI is InChI=1S/C10H11N3O2/c1-14-7-3-2-4-8(5-7)15-10-12-6-9(11)13-10/h2-6H,11H2,1H3,(H,12,13). The van der Waals surface area contributed by atoms with Crippen LogP contribution in [-0.2, 0) is 0 Å². The molecule has 5 nitrogen and oxygen atoms in total. The number of rotatable bonds is 3. The fourth-order valence-electron chi connectivity index (χ4n) is 1.14. The van der Waals surface area contributed by atoms with Gasteiger partial charge < -0.3 is 15.2 Å². The van der Waals surface area contributed by atoms with Crippen molar-refractivity contribution < 1.29 is 9.47 Å². The summed E-state index contributed by atoms with van der Waals surface area (Å²) in [4.78, 5) is 6.69. The molecule has 0 saturated heterocycles. The molecule has 78 valence electrons. The highest BCUT2D eigenvalue weighted by Gasteiger charge is 2.01. The zero-order valence-corrected chi connectivity index (χ0v) is 8.23. The molecule has 0 fully saturated rings. The van der Waals surface area contributed by atoms with Crippen LogP contribution in [0.2, 0.25) is 0 Å². The van der Waals surface area contributed by atoms with E-state index in [1.165, 1.54) is 6.20 Å². The third-order valence-corrected chi connectivity index (χ3v) is 1.83. The molecule has 0 atom stereocenters. The summed E-state index contributed by atoms with van der Waals surface area (Å²) in [6.07, 6.45) is 1.50. The van der Waals surface area contributed by atoms with Gasteiger partial charge in [0.15, 0.2) is 0 Å². The highest BCUT2D eigenvalue weighted by Crippen LogP contribution is 2.23. The van der Waals surface area contributed by atoms with Gasteiger partial charge in [-0.05, 0) is 12.1 Å². The number of H-pyrrole nitrogens is 1. The van der Waals surface area contributed by atoms with Gasteiger partial charge >= 0.3 is 6.01 Å². The zero-order valence-electron chi connectivity index (χ0n) is 8.23. The van der Waals surface area contributed by atoms with Crippen LogP contribution in [0.25, 0.3) is 0 Å². The van der Waals surface area contributed by atoms with Crippen LogP contribution in [0.4, 0.5) is 5.82 Å². The second-order valence-corrected chi connectivity index (χ2v) is 2.92. The Balaban J connectivity index is 2.16. The van der Waals surface area contributed by atoms with Crippen molar-refractivity contribution in [1.29, 1.82) is 0 Å². The fourth-order valence-corrected chi connectivity index (χ4v) is 1.14. The number of imidazole rings is 1. The number of aromatic nitrogens is 2. The lowest BCUT2D eigenvalue weighted by molar-refractivity contribution is 0.405. The number of benzene rings is 1. The van der Waals surface area contributed by atoms with E-state index in [0.717, 1.165) is 5.75 Å². The molecule has 0 spiro atoms. The molecular weight excluding hydrogens is 194 g/mol. The fraction of sp³-hybridized carbons (Fsp3) is 0.100. The Morgan fingerprint density at radius 1 is 1.33 bits per heavy atom. The minimum absolute atomic E-state index is 0.362. The van der Waals surface area contributed by atoms with Crippen molar-refractivity contribution in [2.45, 2.75) is 0 Å². The summed E-state index contributed by atoms with van der Waals surface area (Å²) in [5.41, 5.74) is 5.47. The summed E-state index contributed by atoms with van der Waals surface area (Å²) in [5.74, 6) is 1.84. The van der Waals surface area contributed by atoms with Crippen LogP contribution in [0.3, 0.4) is 0 Å². The first kappa shape index (κ1) is 9.39. The van der Waals surface area contributed by atoms with Crippen LogP contribution < -0.4 is 15.2 Å². The number of methoxy groups -OCH3 is 1. The van der Waals surface area contributed by atoms with Gasteiger partial charge in [0.2, 0.25) is 0 Å². The minimum atomic E-state index is 0.362.